The molecule has 30 heavy (non-hydrogen) atoms. The second kappa shape index (κ2) is 9.82. The van der Waals surface area contributed by atoms with Crippen LogP contribution in [0.25, 0.3) is 11.3 Å². The number of urea groups is 1. The van der Waals surface area contributed by atoms with E-state index >= 15 is 0 Å². The van der Waals surface area contributed by atoms with Crippen molar-refractivity contribution in [3.05, 3.63) is 60.3 Å². The smallest absolute Gasteiger partial charge is 0.322 e. The predicted octanol–water partition coefficient (Wildman–Crippen LogP) is 5.19. The Labute approximate surface area is 176 Å². The third-order valence-electron chi connectivity index (χ3n) is 4.56. The van der Waals surface area contributed by atoms with Gasteiger partial charge in [-0.25, -0.2) is 4.79 Å². The van der Waals surface area contributed by atoms with Crippen molar-refractivity contribution >= 4 is 11.7 Å². The minimum absolute atomic E-state index is 0.0405. The molecule has 0 saturated carbocycles. The fourth-order valence-electron chi connectivity index (χ4n) is 3.00. The molecule has 7 nitrogen and oxygen atoms in total. The van der Waals surface area contributed by atoms with Gasteiger partial charge in [0.05, 0.1) is 25.9 Å². The SMILES string of the molecule is CCOc1ccccc1NC(=O)N(Cc1cc(-c2cccc(OC)c2)on1)C(C)C. The normalized spacial score (nSPS) is 10.7. The molecule has 0 unspecified atom stereocenters. The predicted molar refractivity (Wildman–Crippen MR) is 116 cm³/mol. The summed E-state index contributed by atoms with van der Waals surface area (Å²) in [6, 6.07) is 16.5. The molecule has 1 heterocycles. The molecule has 0 aliphatic heterocycles. The highest BCUT2D eigenvalue weighted by Gasteiger charge is 2.21. The molecule has 0 aliphatic carbocycles. The maximum absolute atomic E-state index is 13.0. The third kappa shape index (κ3) is 5.11. The van der Waals surface area contributed by atoms with Gasteiger partial charge in [-0.1, -0.05) is 29.4 Å². The molecule has 3 aromatic rings. The zero-order valence-electron chi connectivity index (χ0n) is 17.7. The zero-order valence-corrected chi connectivity index (χ0v) is 17.7. The molecule has 2 aromatic carbocycles. The number of benzene rings is 2. The second-order valence-corrected chi connectivity index (χ2v) is 7.00. The van der Waals surface area contributed by atoms with Crippen molar-refractivity contribution in [2.45, 2.75) is 33.4 Å². The van der Waals surface area contributed by atoms with Crippen LogP contribution in [0.5, 0.6) is 11.5 Å². The Hall–Kier alpha value is -3.48. The van der Waals surface area contributed by atoms with Gasteiger partial charge in [0.1, 0.15) is 17.2 Å². The first kappa shape index (κ1) is 21.2. The highest BCUT2D eigenvalue weighted by Crippen LogP contribution is 2.26. The summed E-state index contributed by atoms with van der Waals surface area (Å²) in [7, 11) is 1.62. The first-order valence-corrected chi connectivity index (χ1v) is 9.91. The van der Waals surface area contributed by atoms with E-state index < -0.39 is 0 Å². The third-order valence-corrected chi connectivity index (χ3v) is 4.56. The Morgan fingerprint density at radius 2 is 1.97 bits per heavy atom. The number of ether oxygens (including phenoxy) is 2. The van der Waals surface area contributed by atoms with E-state index in [4.69, 9.17) is 14.0 Å². The summed E-state index contributed by atoms with van der Waals surface area (Å²) < 4.78 is 16.4. The number of hydrogen-bond acceptors (Lipinski definition) is 5. The Balaban J connectivity index is 1.75. The van der Waals surface area contributed by atoms with Gasteiger partial charge < -0.3 is 24.2 Å². The van der Waals surface area contributed by atoms with Crippen molar-refractivity contribution in [3.63, 3.8) is 0 Å². The van der Waals surface area contributed by atoms with Gasteiger partial charge in [-0.2, -0.15) is 0 Å². The van der Waals surface area contributed by atoms with Gasteiger partial charge in [0.2, 0.25) is 0 Å². The van der Waals surface area contributed by atoms with Crippen LogP contribution in [-0.4, -0.2) is 35.8 Å². The van der Waals surface area contributed by atoms with Gasteiger partial charge in [0, 0.05) is 17.7 Å². The highest BCUT2D eigenvalue weighted by molar-refractivity contribution is 5.91. The minimum Gasteiger partial charge on any atom is -0.497 e. The lowest BCUT2D eigenvalue weighted by molar-refractivity contribution is 0.191. The Morgan fingerprint density at radius 1 is 1.17 bits per heavy atom. The molecular weight excluding hydrogens is 382 g/mol. The molecular formula is C23H27N3O4. The number of amides is 2. The van der Waals surface area contributed by atoms with Gasteiger partial charge in [-0.05, 0) is 45.0 Å². The molecule has 0 bridgehead atoms. The molecule has 7 heteroatoms. The maximum atomic E-state index is 13.0. The van der Waals surface area contributed by atoms with E-state index in [9.17, 15) is 4.79 Å². The maximum Gasteiger partial charge on any atom is 0.322 e. The molecule has 2 amide bonds. The van der Waals surface area contributed by atoms with Crippen molar-refractivity contribution in [1.82, 2.24) is 10.1 Å². The van der Waals surface area contributed by atoms with Crippen LogP contribution >= 0.6 is 0 Å². The largest absolute Gasteiger partial charge is 0.497 e. The van der Waals surface area contributed by atoms with Crippen LogP contribution in [-0.2, 0) is 6.54 Å². The summed E-state index contributed by atoms with van der Waals surface area (Å²) in [4.78, 5) is 14.6. The molecule has 0 atom stereocenters. The van der Waals surface area contributed by atoms with Crippen LogP contribution in [0.2, 0.25) is 0 Å². The van der Waals surface area contributed by atoms with E-state index in [1.165, 1.54) is 0 Å². The van der Waals surface area contributed by atoms with E-state index in [1.807, 2.05) is 75.4 Å². The second-order valence-electron chi connectivity index (χ2n) is 7.00. The van der Waals surface area contributed by atoms with E-state index in [1.54, 1.807) is 12.0 Å². The highest BCUT2D eigenvalue weighted by atomic mass is 16.5. The number of aromatic nitrogens is 1. The zero-order chi connectivity index (χ0) is 21.5. The fraction of sp³-hybridized carbons (Fsp3) is 0.304. The van der Waals surface area contributed by atoms with Crippen LogP contribution in [0, 0.1) is 0 Å². The lowest BCUT2D eigenvalue weighted by Gasteiger charge is -2.26. The molecule has 1 aromatic heterocycles. The lowest BCUT2D eigenvalue weighted by atomic mass is 10.1. The van der Waals surface area contributed by atoms with Gasteiger partial charge in [0.25, 0.3) is 0 Å². The number of nitrogens with zero attached hydrogens (tertiary/aromatic N) is 2. The minimum atomic E-state index is -0.233. The standard InChI is InChI=1S/C23H27N3O4/c1-5-29-21-12-7-6-11-20(21)24-23(27)26(16(2)3)15-18-14-22(30-25-18)17-9-8-10-19(13-17)28-4/h6-14,16H,5,15H2,1-4H3,(H,24,27). The van der Waals surface area contributed by atoms with E-state index in [0.29, 0.717) is 36.0 Å². The monoisotopic (exact) mass is 409 g/mol. The molecule has 0 radical (unpaired) electrons. The van der Waals surface area contributed by atoms with Crippen molar-refractivity contribution in [2.75, 3.05) is 19.0 Å². The average molecular weight is 409 g/mol. The van der Waals surface area contributed by atoms with E-state index in [0.717, 1.165) is 11.3 Å². The van der Waals surface area contributed by atoms with Crippen LogP contribution in [0.1, 0.15) is 26.5 Å². The number of nitrogens with one attached hydrogen (secondary N) is 1. The van der Waals surface area contributed by atoms with E-state index in [2.05, 4.69) is 10.5 Å². The number of rotatable bonds is 8. The summed E-state index contributed by atoms with van der Waals surface area (Å²) in [6.07, 6.45) is 0. The molecule has 1 N–H and O–H groups in total. The number of anilines is 1. The van der Waals surface area contributed by atoms with Crippen LogP contribution in [0.4, 0.5) is 10.5 Å². The molecule has 0 fully saturated rings. The Kier molecular flexibility index (Phi) is 6.95. The van der Waals surface area contributed by atoms with Gasteiger partial charge >= 0.3 is 6.03 Å². The van der Waals surface area contributed by atoms with Crippen molar-refractivity contribution in [2.24, 2.45) is 0 Å². The average Bonchev–Trinajstić information content (AvgIpc) is 3.22. The van der Waals surface area contributed by atoms with Crippen LogP contribution < -0.4 is 14.8 Å². The van der Waals surface area contributed by atoms with E-state index in [-0.39, 0.29) is 12.1 Å². The van der Waals surface area contributed by atoms with Crippen LogP contribution in [0.15, 0.2) is 59.1 Å². The summed E-state index contributed by atoms with van der Waals surface area (Å²) in [5.41, 5.74) is 2.15. The topological polar surface area (TPSA) is 76.8 Å². The number of carbonyl (C=O) groups excluding carboxylic acids is 1. The Morgan fingerprint density at radius 3 is 2.70 bits per heavy atom. The van der Waals surface area contributed by atoms with Crippen molar-refractivity contribution < 1.29 is 18.8 Å². The molecule has 3 rings (SSSR count). The fourth-order valence-corrected chi connectivity index (χ4v) is 3.00. The molecule has 158 valence electrons. The van der Waals surface area contributed by atoms with Crippen LogP contribution in [0.3, 0.4) is 0 Å². The number of methoxy groups -OCH3 is 1. The summed E-state index contributed by atoms with van der Waals surface area (Å²) in [5, 5.41) is 7.08. The number of hydrogen-bond donors (Lipinski definition) is 1. The molecule has 0 saturated heterocycles. The first-order valence-electron chi connectivity index (χ1n) is 9.91. The quantitative estimate of drug-likeness (QED) is 0.554. The summed E-state index contributed by atoms with van der Waals surface area (Å²) in [5.74, 6) is 2.00. The number of para-hydroxylation sites is 2. The summed E-state index contributed by atoms with van der Waals surface area (Å²) in [6.45, 7) is 6.65. The van der Waals surface area contributed by atoms with Gasteiger partial charge in [0.15, 0.2) is 5.76 Å². The Bertz CT molecular complexity index is 984. The van der Waals surface area contributed by atoms with Gasteiger partial charge in [-0.3, -0.25) is 0 Å². The molecule has 0 aliphatic rings. The summed E-state index contributed by atoms with van der Waals surface area (Å²) >= 11 is 0. The first-order chi connectivity index (χ1) is 14.5. The molecule has 0 spiro atoms. The van der Waals surface area contributed by atoms with Crippen molar-refractivity contribution in [3.8, 4) is 22.8 Å². The van der Waals surface area contributed by atoms with Crippen molar-refractivity contribution in [1.29, 1.82) is 0 Å². The number of carbonyl (C=O) groups is 1. The van der Waals surface area contributed by atoms with Gasteiger partial charge in [-0.15, -0.1) is 0 Å². The lowest BCUT2D eigenvalue weighted by Crippen LogP contribution is -2.39.